The van der Waals surface area contributed by atoms with Gasteiger partial charge < -0.3 is 4.42 Å². The number of benzene rings is 2. The van der Waals surface area contributed by atoms with Crippen molar-refractivity contribution >= 4 is 17.3 Å². The van der Waals surface area contributed by atoms with Gasteiger partial charge in [-0.2, -0.15) is 0 Å². The monoisotopic (exact) mass is 301 g/mol. The van der Waals surface area contributed by atoms with Gasteiger partial charge in [0.25, 0.3) is 5.69 Å². The number of rotatable bonds is 3. The van der Waals surface area contributed by atoms with Crippen LogP contribution in [0.4, 0.5) is 5.69 Å². The number of hydrogen-bond donors (Lipinski definition) is 0. The summed E-state index contributed by atoms with van der Waals surface area (Å²) in [6.07, 6.45) is 0. The molecule has 0 spiro atoms. The Morgan fingerprint density at radius 1 is 1.00 bits per heavy atom. The molecular formula is C14H8ClN3O3. The fraction of sp³-hybridized carbons (Fsp3) is 0. The van der Waals surface area contributed by atoms with Gasteiger partial charge in [0, 0.05) is 17.2 Å². The predicted molar refractivity (Wildman–Crippen MR) is 76.8 cm³/mol. The lowest BCUT2D eigenvalue weighted by Crippen LogP contribution is -1.90. The average Bonchev–Trinajstić information content (AvgIpc) is 2.98. The van der Waals surface area contributed by atoms with Crippen molar-refractivity contribution < 1.29 is 9.34 Å². The van der Waals surface area contributed by atoms with E-state index in [1.54, 1.807) is 6.07 Å². The smallest absolute Gasteiger partial charge is 0.288 e. The van der Waals surface area contributed by atoms with Crippen LogP contribution in [0.5, 0.6) is 0 Å². The number of hydrogen-bond acceptors (Lipinski definition) is 5. The van der Waals surface area contributed by atoms with Crippen LogP contribution in [0.15, 0.2) is 52.9 Å². The summed E-state index contributed by atoms with van der Waals surface area (Å²) in [5, 5.41) is 18.8. The largest absolute Gasteiger partial charge is 0.416 e. The van der Waals surface area contributed by atoms with Gasteiger partial charge >= 0.3 is 0 Å². The summed E-state index contributed by atoms with van der Waals surface area (Å²) in [5.41, 5.74) is 1.02. The second kappa shape index (κ2) is 5.34. The third-order valence-electron chi connectivity index (χ3n) is 2.84. The first-order valence-corrected chi connectivity index (χ1v) is 6.36. The quantitative estimate of drug-likeness (QED) is 0.540. The van der Waals surface area contributed by atoms with Crippen molar-refractivity contribution in [1.82, 2.24) is 10.2 Å². The Hall–Kier alpha value is -2.73. The molecule has 7 heteroatoms. The molecule has 0 atom stereocenters. The molecule has 0 bridgehead atoms. The summed E-state index contributed by atoms with van der Waals surface area (Å²) in [7, 11) is 0. The molecule has 3 rings (SSSR count). The summed E-state index contributed by atoms with van der Waals surface area (Å²) in [5.74, 6) is 0.553. The summed E-state index contributed by atoms with van der Waals surface area (Å²) < 4.78 is 5.54. The Kier molecular flexibility index (Phi) is 3.37. The molecule has 0 saturated heterocycles. The topological polar surface area (TPSA) is 82.1 Å². The molecule has 1 aromatic heterocycles. The van der Waals surface area contributed by atoms with Crippen LogP contribution in [0.2, 0.25) is 5.02 Å². The molecular weight excluding hydrogens is 294 g/mol. The van der Waals surface area contributed by atoms with Crippen molar-refractivity contribution in [2.75, 3.05) is 0 Å². The van der Waals surface area contributed by atoms with Crippen LogP contribution in [-0.2, 0) is 0 Å². The van der Waals surface area contributed by atoms with Crippen LogP contribution in [0.1, 0.15) is 0 Å². The van der Waals surface area contributed by atoms with E-state index in [1.807, 2.05) is 30.3 Å². The lowest BCUT2D eigenvalue weighted by Gasteiger charge is -1.98. The zero-order chi connectivity index (χ0) is 14.8. The summed E-state index contributed by atoms with van der Waals surface area (Å²) in [4.78, 5) is 10.3. The molecule has 6 nitrogen and oxygen atoms in total. The summed E-state index contributed by atoms with van der Waals surface area (Å²) >= 11 is 5.77. The fourth-order valence-electron chi connectivity index (χ4n) is 1.82. The van der Waals surface area contributed by atoms with Crippen LogP contribution in [0, 0.1) is 10.1 Å². The highest BCUT2D eigenvalue weighted by atomic mass is 35.5. The van der Waals surface area contributed by atoms with E-state index in [1.165, 1.54) is 12.1 Å². The molecule has 2 aromatic carbocycles. The van der Waals surface area contributed by atoms with E-state index < -0.39 is 4.92 Å². The first kappa shape index (κ1) is 13.3. The van der Waals surface area contributed by atoms with Crippen molar-refractivity contribution in [3.8, 4) is 22.9 Å². The van der Waals surface area contributed by atoms with Crippen LogP contribution >= 0.6 is 11.6 Å². The first-order chi connectivity index (χ1) is 10.1. The standard InChI is InChI=1S/C14H8ClN3O3/c15-11-7-6-10(8-12(11)18(19)20)14-17-16-13(21-14)9-4-2-1-3-5-9/h1-8H. The lowest BCUT2D eigenvalue weighted by molar-refractivity contribution is -0.384. The molecule has 104 valence electrons. The zero-order valence-electron chi connectivity index (χ0n) is 10.6. The van der Waals surface area contributed by atoms with Gasteiger partial charge in [-0.15, -0.1) is 10.2 Å². The molecule has 0 unspecified atom stereocenters. The number of nitro groups is 1. The van der Waals surface area contributed by atoms with Gasteiger partial charge in [-0.1, -0.05) is 29.8 Å². The van der Waals surface area contributed by atoms with Crippen LogP contribution in [0.25, 0.3) is 22.9 Å². The van der Waals surface area contributed by atoms with Crippen LogP contribution in [0.3, 0.4) is 0 Å². The highest BCUT2D eigenvalue weighted by molar-refractivity contribution is 6.32. The third kappa shape index (κ3) is 2.61. The van der Waals surface area contributed by atoms with E-state index in [2.05, 4.69) is 10.2 Å². The maximum absolute atomic E-state index is 10.9. The van der Waals surface area contributed by atoms with Crippen LogP contribution in [-0.4, -0.2) is 15.1 Å². The predicted octanol–water partition coefficient (Wildman–Crippen LogP) is 3.97. The van der Waals surface area contributed by atoms with Crippen LogP contribution < -0.4 is 0 Å². The highest BCUT2D eigenvalue weighted by Gasteiger charge is 2.17. The number of aromatic nitrogens is 2. The molecule has 0 aliphatic rings. The maximum Gasteiger partial charge on any atom is 0.288 e. The van der Waals surface area contributed by atoms with Gasteiger partial charge in [0.05, 0.1) is 4.92 Å². The number of halogens is 1. The van der Waals surface area contributed by atoms with Crippen molar-refractivity contribution in [1.29, 1.82) is 0 Å². The number of nitro benzene ring substituents is 1. The zero-order valence-corrected chi connectivity index (χ0v) is 11.3. The van der Waals surface area contributed by atoms with Crippen molar-refractivity contribution in [2.24, 2.45) is 0 Å². The van der Waals surface area contributed by atoms with Crippen molar-refractivity contribution in [3.05, 3.63) is 63.7 Å². The normalized spacial score (nSPS) is 10.5. The first-order valence-electron chi connectivity index (χ1n) is 5.98. The average molecular weight is 302 g/mol. The molecule has 0 N–H and O–H groups in total. The van der Waals surface area contributed by atoms with E-state index in [4.69, 9.17) is 16.0 Å². The molecule has 3 aromatic rings. The van der Waals surface area contributed by atoms with E-state index in [0.717, 1.165) is 5.56 Å². The molecule has 21 heavy (non-hydrogen) atoms. The molecule has 1 heterocycles. The second-order valence-corrected chi connectivity index (χ2v) is 4.61. The maximum atomic E-state index is 10.9. The van der Waals surface area contributed by atoms with E-state index >= 15 is 0 Å². The molecule has 0 aliphatic carbocycles. The Morgan fingerprint density at radius 3 is 2.33 bits per heavy atom. The number of nitrogens with zero attached hydrogens (tertiary/aromatic N) is 3. The third-order valence-corrected chi connectivity index (χ3v) is 3.16. The summed E-state index contributed by atoms with van der Waals surface area (Å²) in [6, 6.07) is 13.6. The minimum absolute atomic E-state index is 0.0616. The Labute approximate surface area is 124 Å². The minimum Gasteiger partial charge on any atom is -0.416 e. The lowest BCUT2D eigenvalue weighted by atomic mass is 10.2. The van der Waals surface area contributed by atoms with E-state index in [9.17, 15) is 10.1 Å². The van der Waals surface area contributed by atoms with Gasteiger partial charge in [-0.05, 0) is 24.3 Å². The molecule has 0 saturated carbocycles. The SMILES string of the molecule is O=[N+]([O-])c1cc(-c2nnc(-c3ccccc3)o2)ccc1Cl. The molecule has 0 amide bonds. The van der Waals surface area contributed by atoms with Gasteiger partial charge in [0.2, 0.25) is 11.8 Å². The highest BCUT2D eigenvalue weighted by Crippen LogP contribution is 2.30. The fourth-order valence-corrected chi connectivity index (χ4v) is 2.01. The Bertz CT molecular complexity index is 802. The Balaban J connectivity index is 2.01. The van der Waals surface area contributed by atoms with E-state index in [0.29, 0.717) is 11.5 Å². The van der Waals surface area contributed by atoms with Gasteiger partial charge in [-0.25, -0.2) is 0 Å². The van der Waals surface area contributed by atoms with Gasteiger partial charge in [0.1, 0.15) is 5.02 Å². The molecule has 0 radical (unpaired) electrons. The summed E-state index contributed by atoms with van der Waals surface area (Å²) in [6.45, 7) is 0. The van der Waals surface area contributed by atoms with Gasteiger partial charge in [-0.3, -0.25) is 10.1 Å². The van der Waals surface area contributed by atoms with Gasteiger partial charge in [0.15, 0.2) is 0 Å². The molecule has 0 fully saturated rings. The van der Waals surface area contributed by atoms with E-state index in [-0.39, 0.29) is 16.6 Å². The molecule has 0 aliphatic heterocycles. The minimum atomic E-state index is -0.555. The van der Waals surface area contributed by atoms with Crippen molar-refractivity contribution in [3.63, 3.8) is 0 Å². The van der Waals surface area contributed by atoms with Crippen molar-refractivity contribution in [2.45, 2.75) is 0 Å². The second-order valence-electron chi connectivity index (χ2n) is 4.20. The Morgan fingerprint density at radius 2 is 1.67 bits per heavy atom.